The second-order valence-corrected chi connectivity index (χ2v) is 16.9. The normalized spacial score (nSPS) is 47.1. The third kappa shape index (κ3) is 3.77. The summed E-state index contributed by atoms with van der Waals surface area (Å²) in [5, 5.41) is 3.51. The van der Waals surface area contributed by atoms with Gasteiger partial charge < -0.3 is 10.2 Å². The van der Waals surface area contributed by atoms with Crippen molar-refractivity contribution >= 4 is 11.7 Å². The smallest absolute Gasteiger partial charge is 0.229 e. The van der Waals surface area contributed by atoms with Crippen LogP contribution in [0.3, 0.4) is 0 Å². The molecule has 5 fully saturated rings. The van der Waals surface area contributed by atoms with Gasteiger partial charge in [0.1, 0.15) is 5.78 Å². The summed E-state index contributed by atoms with van der Waals surface area (Å²) in [7, 11) is 0. The molecule has 1 N–H and O–H groups in total. The first-order chi connectivity index (χ1) is 18.2. The van der Waals surface area contributed by atoms with Crippen LogP contribution in [0.5, 0.6) is 0 Å². The lowest BCUT2D eigenvalue weighted by Gasteiger charge is -2.70. The maximum atomic E-state index is 14.6. The summed E-state index contributed by atoms with van der Waals surface area (Å²) in [5.74, 6) is 2.43. The van der Waals surface area contributed by atoms with Crippen molar-refractivity contribution in [2.45, 2.75) is 119 Å². The molecule has 0 radical (unpaired) electrons. The Bertz CT molecular complexity index is 1070. The molecule has 218 valence electrons. The van der Waals surface area contributed by atoms with Crippen molar-refractivity contribution in [1.29, 1.82) is 0 Å². The average molecular weight is 537 g/mol. The average Bonchev–Trinajstić information content (AvgIpc) is 3.16. The third-order valence-electron chi connectivity index (χ3n) is 14.4. The van der Waals surface area contributed by atoms with Crippen molar-refractivity contribution in [3.63, 3.8) is 0 Å². The van der Waals surface area contributed by atoms with Crippen molar-refractivity contribution < 1.29 is 9.59 Å². The predicted molar refractivity (Wildman–Crippen MR) is 158 cm³/mol. The minimum absolute atomic E-state index is 0.137. The van der Waals surface area contributed by atoms with Crippen LogP contribution in [0, 0.1) is 50.2 Å². The zero-order valence-corrected chi connectivity index (χ0v) is 26.2. The molecule has 7 atom stereocenters. The molecule has 1 amide bonds. The van der Waals surface area contributed by atoms with Crippen molar-refractivity contribution in [2.75, 3.05) is 26.2 Å². The largest absolute Gasteiger partial charge is 0.341 e. The van der Waals surface area contributed by atoms with E-state index < -0.39 is 0 Å². The number of hydrogen-bond donors (Lipinski definition) is 1. The number of nitrogens with one attached hydrogen (secondary N) is 1. The number of rotatable bonds is 1. The van der Waals surface area contributed by atoms with Crippen LogP contribution >= 0.6 is 0 Å². The van der Waals surface area contributed by atoms with E-state index in [1.54, 1.807) is 5.57 Å². The van der Waals surface area contributed by atoms with Gasteiger partial charge in [0.2, 0.25) is 5.91 Å². The van der Waals surface area contributed by atoms with Crippen LogP contribution in [-0.2, 0) is 9.59 Å². The van der Waals surface area contributed by atoms with E-state index in [2.05, 4.69) is 64.8 Å². The Morgan fingerprint density at radius 3 is 2.41 bits per heavy atom. The number of Topliss-reactive ketones (excluding diaryl/α,β-unsaturated/α-hetero) is 1. The van der Waals surface area contributed by atoms with Crippen molar-refractivity contribution in [2.24, 2.45) is 50.2 Å². The highest BCUT2D eigenvalue weighted by Gasteiger charge is 2.69. The summed E-state index contributed by atoms with van der Waals surface area (Å²) in [6.07, 6.45) is 14.6. The molecule has 0 unspecified atom stereocenters. The van der Waals surface area contributed by atoms with E-state index >= 15 is 0 Å². The summed E-state index contributed by atoms with van der Waals surface area (Å²) in [5.41, 5.74) is 2.10. The lowest BCUT2D eigenvalue weighted by molar-refractivity contribution is -0.187. The van der Waals surface area contributed by atoms with Crippen LogP contribution in [0.25, 0.3) is 0 Å². The topological polar surface area (TPSA) is 49.4 Å². The third-order valence-corrected chi connectivity index (χ3v) is 14.4. The Hall–Kier alpha value is -1.16. The molecule has 39 heavy (non-hydrogen) atoms. The SMILES string of the molecule is CC1(C)CC[C@]2(C(=O)N3CCCNCC3)CC[C@]3(C)C(=CC[C@@H]4[C@@]5(C)CCC(=O)C(C)(C)[C@@H]5CC[C@]43C)[C@H]2C1. The number of hydrogen-bond acceptors (Lipinski definition) is 3. The van der Waals surface area contributed by atoms with E-state index in [1.807, 2.05) is 0 Å². The van der Waals surface area contributed by atoms with Gasteiger partial charge in [0.15, 0.2) is 0 Å². The van der Waals surface area contributed by atoms with Crippen LogP contribution in [0.4, 0.5) is 0 Å². The quantitative estimate of drug-likeness (QED) is 0.361. The van der Waals surface area contributed by atoms with Gasteiger partial charge in [-0.3, -0.25) is 9.59 Å². The van der Waals surface area contributed by atoms with Gasteiger partial charge in [-0.25, -0.2) is 0 Å². The van der Waals surface area contributed by atoms with Crippen molar-refractivity contribution in [1.82, 2.24) is 10.2 Å². The predicted octanol–water partition coefficient (Wildman–Crippen LogP) is 7.18. The summed E-state index contributed by atoms with van der Waals surface area (Å²) < 4.78 is 0. The molecule has 6 rings (SSSR count). The fourth-order valence-corrected chi connectivity index (χ4v) is 11.8. The van der Waals surface area contributed by atoms with Gasteiger partial charge in [-0.1, -0.05) is 60.1 Å². The van der Waals surface area contributed by atoms with Crippen LogP contribution < -0.4 is 5.32 Å². The summed E-state index contributed by atoms with van der Waals surface area (Å²) in [6, 6.07) is 0. The van der Waals surface area contributed by atoms with E-state index in [4.69, 9.17) is 0 Å². The Balaban J connectivity index is 1.41. The maximum absolute atomic E-state index is 14.6. The minimum atomic E-state index is -0.214. The number of amides is 1. The second kappa shape index (κ2) is 8.92. The highest BCUT2D eigenvalue weighted by Crippen LogP contribution is 2.75. The molecule has 1 saturated heterocycles. The first-order valence-electron chi connectivity index (χ1n) is 16.5. The fraction of sp³-hybridized carbons (Fsp3) is 0.886. The van der Waals surface area contributed by atoms with Gasteiger partial charge in [0.05, 0.1) is 5.41 Å². The monoisotopic (exact) mass is 536 g/mol. The van der Waals surface area contributed by atoms with Gasteiger partial charge in [-0.2, -0.15) is 0 Å². The first-order valence-corrected chi connectivity index (χ1v) is 16.5. The van der Waals surface area contributed by atoms with Crippen LogP contribution in [0.1, 0.15) is 119 Å². The van der Waals surface area contributed by atoms with Crippen LogP contribution in [-0.4, -0.2) is 42.8 Å². The summed E-state index contributed by atoms with van der Waals surface area (Å²) in [4.78, 5) is 29.9. The highest BCUT2D eigenvalue weighted by molar-refractivity contribution is 5.86. The lowest BCUT2D eigenvalue weighted by Crippen LogP contribution is -2.65. The van der Waals surface area contributed by atoms with E-state index in [0.717, 1.165) is 84.0 Å². The van der Waals surface area contributed by atoms with Gasteiger partial charge in [0, 0.05) is 31.5 Å². The molecule has 0 aromatic carbocycles. The molecule has 1 aliphatic heterocycles. The molecule has 0 aromatic heterocycles. The first kappa shape index (κ1) is 28.0. The number of ketones is 1. The van der Waals surface area contributed by atoms with E-state index in [1.165, 1.54) is 12.8 Å². The Morgan fingerprint density at radius 1 is 0.897 bits per heavy atom. The number of carbonyl (C=O) groups excluding carboxylic acids is 2. The Labute approximate surface area is 238 Å². The van der Waals surface area contributed by atoms with Crippen molar-refractivity contribution in [3.8, 4) is 0 Å². The molecule has 1 heterocycles. The number of carbonyl (C=O) groups is 2. The number of allylic oxidation sites excluding steroid dienone is 2. The van der Waals surface area contributed by atoms with Crippen LogP contribution in [0.15, 0.2) is 11.6 Å². The molecule has 0 aromatic rings. The van der Waals surface area contributed by atoms with E-state index in [0.29, 0.717) is 29.4 Å². The van der Waals surface area contributed by atoms with Gasteiger partial charge >= 0.3 is 0 Å². The molecule has 4 heteroatoms. The summed E-state index contributed by atoms with van der Waals surface area (Å²) >= 11 is 0. The van der Waals surface area contributed by atoms with Gasteiger partial charge in [0.25, 0.3) is 0 Å². The molecule has 4 saturated carbocycles. The Kier molecular flexibility index (Phi) is 6.40. The molecule has 5 aliphatic carbocycles. The highest BCUT2D eigenvalue weighted by atomic mass is 16.2. The molecule has 6 aliphatic rings. The molecule has 0 bridgehead atoms. The zero-order chi connectivity index (χ0) is 28.1. The lowest BCUT2D eigenvalue weighted by atomic mass is 9.33. The number of nitrogens with zero attached hydrogens (tertiary/aromatic N) is 1. The van der Waals surface area contributed by atoms with Crippen molar-refractivity contribution in [3.05, 3.63) is 11.6 Å². The molecule has 0 spiro atoms. The Morgan fingerprint density at radius 2 is 1.64 bits per heavy atom. The van der Waals surface area contributed by atoms with Crippen LogP contribution in [0.2, 0.25) is 0 Å². The second-order valence-electron chi connectivity index (χ2n) is 16.9. The molecule has 4 nitrogen and oxygen atoms in total. The summed E-state index contributed by atoms with van der Waals surface area (Å²) in [6.45, 7) is 20.9. The molecular formula is C35H56N2O2. The van der Waals surface area contributed by atoms with E-state index in [-0.39, 0.29) is 32.5 Å². The van der Waals surface area contributed by atoms with Gasteiger partial charge in [-0.15, -0.1) is 0 Å². The fourth-order valence-electron chi connectivity index (χ4n) is 11.8. The molecular weight excluding hydrogens is 480 g/mol. The number of fused-ring (bicyclic) bond motifs is 7. The zero-order valence-electron chi connectivity index (χ0n) is 26.2. The minimum Gasteiger partial charge on any atom is -0.341 e. The van der Waals surface area contributed by atoms with E-state index in [9.17, 15) is 9.59 Å². The standard InChI is InChI=1S/C35H56N2O2/c1-30(2)15-17-35(29(39)37-21-8-19-36-20-22-37)18-16-33(6)24(25(35)23-30)9-10-27-32(5)13-12-28(38)31(3,4)26(32)11-14-34(27,33)7/h9,25-27,36H,8,10-23H2,1-7H3/t25-,26+,27-,32+,33-,34-,35+/m1/s1. The van der Waals surface area contributed by atoms with Gasteiger partial charge in [-0.05, 0) is 110 Å². The maximum Gasteiger partial charge on any atom is 0.229 e.